The van der Waals surface area contributed by atoms with Crippen LogP contribution in [-0.2, 0) is 4.79 Å². The molecule has 0 aliphatic heterocycles. The Morgan fingerprint density at radius 1 is 0.633 bits per heavy atom. The number of aliphatic carboxylic acids is 1. The van der Waals surface area contributed by atoms with Gasteiger partial charge >= 0.3 is 5.97 Å². The van der Waals surface area contributed by atoms with E-state index in [1.54, 1.807) is 0 Å². The molecule has 0 aromatic carbocycles. The van der Waals surface area contributed by atoms with Crippen LogP contribution in [0.15, 0.2) is 0 Å². The first-order chi connectivity index (χ1) is 14.5. The number of carboxylic acids is 1. The standard InChI is InChI=1S/C22H44O2.C4H12N2/c1-2-3-4-5-6-7-8-9-10-11-12-13-14-15-16-17-18-19-20-21-22(23)24;1-6(2)4-3-5/h2-21H2,1H3,(H,23,24);3-5H2,1-2H3. The first kappa shape index (κ1) is 31.6. The number of unbranched alkanes of at least 4 members (excludes halogenated alkanes) is 18. The zero-order valence-electron chi connectivity index (χ0n) is 20.9. The quantitative estimate of drug-likeness (QED) is 0.176. The van der Waals surface area contributed by atoms with Crippen molar-refractivity contribution in [2.24, 2.45) is 5.73 Å². The molecule has 0 amide bonds. The fraction of sp³-hybridized carbons (Fsp3) is 0.962. The minimum absolute atomic E-state index is 0.346. The van der Waals surface area contributed by atoms with E-state index in [1.165, 1.54) is 109 Å². The first-order valence-electron chi connectivity index (χ1n) is 13.1. The third-order valence-corrected chi connectivity index (χ3v) is 5.57. The summed E-state index contributed by atoms with van der Waals surface area (Å²) in [6, 6.07) is 0. The molecule has 0 aliphatic rings. The summed E-state index contributed by atoms with van der Waals surface area (Å²) < 4.78 is 0. The summed E-state index contributed by atoms with van der Waals surface area (Å²) >= 11 is 0. The summed E-state index contributed by atoms with van der Waals surface area (Å²) in [5.74, 6) is -0.651. The van der Waals surface area contributed by atoms with Gasteiger partial charge in [-0.25, -0.2) is 0 Å². The normalized spacial score (nSPS) is 10.8. The van der Waals surface area contributed by atoms with Crippen molar-refractivity contribution in [1.82, 2.24) is 4.90 Å². The Bertz CT molecular complexity index is 322. The van der Waals surface area contributed by atoms with Gasteiger partial charge < -0.3 is 15.7 Å². The highest BCUT2D eigenvalue weighted by atomic mass is 16.4. The molecule has 4 nitrogen and oxygen atoms in total. The molecular formula is C26H56N2O2. The van der Waals surface area contributed by atoms with Crippen molar-refractivity contribution in [1.29, 1.82) is 0 Å². The van der Waals surface area contributed by atoms with E-state index in [4.69, 9.17) is 10.8 Å². The van der Waals surface area contributed by atoms with Crippen LogP contribution in [0.3, 0.4) is 0 Å². The van der Waals surface area contributed by atoms with Crippen molar-refractivity contribution in [3.63, 3.8) is 0 Å². The van der Waals surface area contributed by atoms with Crippen LogP contribution in [0.4, 0.5) is 0 Å². The topological polar surface area (TPSA) is 66.6 Å². The molecule has 0 saturated carbocycles. The van der Waals surface area contributed by atoms with Gasteiger partial charge in [0.1, 0.15) is 0 Å². The van der Waals surface area contributed by atoms with E-state index in [0.29, 0.717) is 6.42 Å². The second-order valence-corrected chi connectivity index (χ2v) is 9.10. The average molecular weight is 429 g/mol. The van der Waals surface area contributed by atoms with Gasteiger partial charge in [0.2, 0.25) is 0 Å². The van der Waals surface area contributed by atoms with Gasteiger partial charge in [-0.15, -0.1) is 0 Å². The zero-order chi connectivity index (χ0) is 22.7. The molecule has 0 atom stereocenters. The highest BCUT2D eigenvalue weighted by Crippen LogP contribution is 2.14. The summed E-state index contributed by atoms with van der Waals surface area (Å²) in [6.45, 7) is 4.03. The fourth-order valence-electron chi connectivity index (χ4n) is 3.61. The molecule has 0 heterocycles. The van der Waals surface area contributed by atoms with E-state index in [2.05, 4.69) is 11.8 Å². The molecule has 0 aliphatic carbocycles. The highest BCUT2D eigenvalue weighted by molar-refractivity contribution is 5.66. The molecule has 182 valence electrons. The molecule has 0 aromatic rings. The Labute approximate surface area is 189 Å². The number of carboxylic acid groups (broad SMARTS) is 1. The summed E-state index contributed by atoms with van der Waals surface area (Å²) in [4.78, 5) is 12.4. The predicted octanol–water partition coefficient (Wildman–Crippen LogP) is 7.40. The van der Waals surface area contributed by atoms with Crippen molar-refractivity contribution in [2.75, 3.05) is 27.2 Å². The summed E-state index contributed by atoms with van der Waals surface area (Å²) in [7, 11) is 4.01. The average Bonchev–Trinajstić information content (AvgIpc) is 2.70. The Hall–Kier alpha value is -0.610. The summed E-state index contributed by atoms with van der Waals surface area (Å²) in [5, 5.41) is 8.56. The third-order valence-electron chi connectivity index (χ3n) is 5.57. The van der Waals surface area contributed by atoms with E-state index in [9.17, 15) is 4.79 Å². The fourth-order valence-corrected chi connectivity index (χ4v) is 3.61. The molecule has 0 unspecified atom stereocenters. The Balaban J connectivity index is 0. The van der Waals surface area contributed by atoms with Crippen molar-refractivity contribution >= 4 is 5.97 Å². The van der Waals surface area contributed by atoms with Gasteiger partial charge in [-0.2, -0.15) is 0 Å². The lowest BCUT2D eigenvalue weighted by Crippen LogP contribution is -2.20. The second kappa shape index (κ2) is 28.4. The SMILES string of the molecule is CCCCCCCCCCCCCCCCCCCCCC(=O)O.CN(C)CCN. The van der Waals surface area contributed by atoms with Crippen LogP contribution < -0.4 is 5.73 Å². The predicted molar refractivity (Wildman–Crippen MR) is 133 cm³/mol. The maximum absolute atomic E-state index is 10.4. The molecule has 30 heavy (non-hydrogen) atoms. The Morgan fingerprint density at radius 2 is 0.933 bits per heavy atom. The Morgan fingerprint density at radius 3 is 1.13 bits per heavy atom. The van der Waals surface area contributed by atoms with Crippen LogP contribution in [0.2, 0.25) is 0 Å². The first-order valence-corrected chi connectivity index (χ1v) is 13.1. The maximum atomic E-state index is 10.4. The van der Waals surface area contributed by atoms with Gasteiger partial charge in [-0.05, 0) is 20.5 Å². The second-order valence-electron chi connectivity index (χ2n) is 9.10. The molecule has 0 aromatic heterocycles. The summed E-state index contributed by atoms with van der Waals surface area (Å²) in [6.07, 6.45) is 26.1. The Kier molecular flexibility index (Phi) is 29.9. The largest absolute Gasteiger partial charge is 0.481 e. The van der Waals surface area contributed by atoms with E-state index < -0.39 is 5.97 Å². The van der Waals surface area contributed by atoms with Crippen molar-refractivity contribution < 1.29 is 9.90 Å². The number of nitrogens with zero attached hydrogens (tertiary/aromatic N) is 1. The minimum atomic E-state index is -0.651. The van der Waals surface area contributed by atoms with Crippen LogP contribution >= 0.6 is 0 Å². The van der Waals surface area contributed by atoms with E-state index >= 15 is 0 Å². The van der Waals surface area contributed by atoms with Gasteiger partial charge in [-0.1, -0.05) is 122 Å². The van der Waals surface area contributed by atoms with Gasteiger partial charge in [0.15, 0.2) is 0 Å². The number of carbonyl (C=O) groups is 1. The molecule has 3 N–H and O–H groups in total. The van der Waals surface area contributed by atoms with Crippen LogP contribution in [0, 0.1) is 0 Å². The third kappa shape index (κ3) is 34.9. The van der Waals surface area contributed by atoms with Crippen LogP contribution in [0.25, 0.3) is 0 Å². The highest BCUT2D eigenvalue weighted by Gasteiger charge is 1.97. The minimum Gasteiger partial charge on any atom is -0.481 e. The van der Waals surface area contributed by atoms with Crippen LogP contribution in [0.1, 0.15) is 135 Å². The summed E-state index contributed by atoms with van der Waals surface area (Å²) in [5.41, 5.74) is 5.19. The molecule has 0 radical (unpaired) electrons. The van der Waals surface area contributed by atoms with E-state index in [-0.39, 0.29) is 0 Å². The zero-order valence-corrected chi connectivity index (χ0v) is 20.9. The lowest BCUT2D eigenvalue weighted by Gasteiger charge is -2.03. The lowest BCUT2D eigenvalue weighted by molar-refractivity contribution is -0.137. The number of hydrogen-bond donors (Lipinski definition) is 2. The molecule has 0 rings (SSSR count). The van der Waals surface area contributed by atoms with Gasteiger partial charge in [0.05, 0.1) is 0 Å². The van der Waals surface area contributed by atoms with Gasteiger partial charge in [0, 0.05) is 19.5 Å². The van der Waals surface area contributed by atoms with E-state index in [0.717, 1.165) is 25.9 Å². The molecule has 0 saturated heterocycles. The number of rotatable bonds is 22. The maximum Gasteiger partial charge on any atom is 0.303 e. The monoisotopic (exact) mass is 428 g/mol. The molecular weight excluding hydrogens is 372 g/mol. The van der Waals surface area contributed by atoms with Crippen molar-refractivity contribution in [3.8, 4) is 0 Å². The molecule has 0 spiro atoms. The lowest BCUT2D eigenvalue weighted by atomic mass is 10.0. The van der Waals surface area contributed by atoms with E-state index in [1.807, 2.05) is 14.1 Å². The van der Waals surface area contributed by atoms with Crippen LogP contribution in [0.5, 0.6) is 0 Å². The van der Waals surface area contributed by atoms with Gasteiger partial charge in [-0.3, -0.25) is 4.79 Å². The molecule has 4 heteroatoms. The number of likely N-dealkylation sites (N-methyl/N-ethyl adjacent to an activating group) is 1. The molecule has 0 bridgehead atoms. The molecule has 0 fully saturated rings. The van der Waals surface area contributed by atoms with Crippen LogP contribution in [-0.4, -0.2) is 43.2 Å². The van der Waals surface area contributed by atoms with Gasteiger partial charge in [0.25, 0.3) is 0 Å². The van der Waals surface area contributed by atoms with Crippen molar-refractivity contribution in [3.05, 3.63) is 0 Å². The smallest absolute Gasteiger partial charge is 0.303 e. The van der Waals surface area contributed by atoms with Crippen molar-refractivity contribution in [2.45, 2.75) is 135 Å². The number of hydrogen-bond acceptors (Lipinski definition) is 3. The number of nitrogens with two attached hydrogens (primary N) is 1.